The van der Waals surface area contributed by atoms with Gasteiger partial charge in [0.1, 0.15) is 11.5 Å². The molecule has 0 bridgehead atoms. The smallest absolute Gasteiger partial charge is 0.238 e. The molecule has 2 N–H and O–H groups in total. The van der Waals surface area contributed by atoms with Gasteiger partial charge in [0.05, 0.1) is 4.90 Å². The lowest BCUT2D eigenvalue weighted by molar-refractivity contribution is 0.481. The third-order valence-corrected chi connectivity index (χ3v) is 4.31. The van der Waals surface area contributed by atoms with Gasteiger partial charge < -0.3 is 4.74 Å². The van der Waals surface area contributed by atoms with Crippen LogP contribution in [0.4, 0.5) is 0 Å². The summed E-state index contributed by atoms with van der Waals surface area (Å²) >= 11 is 0. The number of benzene rings is 2. The van der Waals surface area contributed by atoms with Gasteiger partial charge >= 0.3 is 0 Å². The van der Waals surface area contributed by atoms with Crippen LogP contribution in [-0.4, -0.2) is 8.42 Å². The SMILES string of the molecule is Cc1cc(Oc2ccc(C(C)C)cc2)ccc1S(N)(=O)=O. The van der Waals surface area contributed by atoms with Gasteiger partial charge in [-0.25, -0.2) is 13.6 Å². The van der Waals surface area contributed by atoms with Crippen molar-refractivity contribution >= 4 is 10.0 Å². The highest BCUT2D eigenvalue weighted by Crippen LogP contribution is 2.26. The van der Waals surface area contributed by atoms with Gasteiger partial charge in [-0.1, -0.05) is 26.0 Å². The average Bonchev–Trinajstić information content (AvgIpc) is 2.37. The highest BCUT2D eigenvalue weighted by atomic mass is 32.2. The first-order chi connectivity index (χ1) is 9.77. The lowest BCUT2D eigenvalue weighted by Crippen LogP contribution is -2.13. The number of primary sulfonamides is 1. The molecule has 4 nitrogen and oxygen atoms in total. The number of hydrogen-bond acceptors (Lipinski definition) is 3. The molecule has 0 radical (unpaired) electrons. The Hall–Kier alpha value is -1.85. The van der Waals surface area contributed by atoms with Crippen LogP contribution in [0.3, 0.4) is 0 Å². The lowest BCUT2D eigenvalue weighted by Gasteiger charge is -2.10. The molecule has 112 valence electrons. The highest BCUT2D eigenvalue weighted by molar-refractivity contribution is 7.89. The van der Waals surface area contributed by atoms with Crippen LogP contribution in [0.2, 0.25) is 0 Å². The molecule has 0 aromatic heterocycles. The van der Waals surface area contributed by atoms with Gasteiger partial charge in [-0.15, -0.1) is 0 Å². The van der Waals surface area contributed by atoms with Gasteiger partial charge in [-0.3, -0.25) is 0 Å². The summed E-state index contributed by atoms with van der Waals surface area (Å²) in [6.07, 6.45) is 0. The highest BCUT2D eigenvalue weighted by Gasteiger charge is 2.12. The normalized spacial score (nSPS) is 11.7. The van der Waals surface area contributed by atoms with Crippen molar-refractivity contribution < 1.29 is 13.2 Å². The molecule has 0 saturated heterocycles. The first kappa shape index (κ1) is 15.5. The fourth-order valence-corrected chi connectivity index (χ4v) is 2.83. The van der Waals surface area contributed by atoms with E-state index in [0.29, 0.717) is 23.0 Å². The minimum absolute atomic E-state index is 0.116. The van der Waals surface area contributed by atoms with E-state index in [4.69, 9.17) is 9.88 Å². The number of aryl methyl sites for hydroxylation is 1. The van der Waals surface area contributed by atoms with Gasteiger partial charge in [0, 0.05) is 0 Å². The third kappa shape index (κ3) is 3.83. The molecule has 5 heteroatoms. The van der Waals surface area contributed by atoms with Crippen molar-refractivity contribution in [2.45, 2.75) is 31.6 Å². The molecule has 2 rings (SSSR count). The molecule has 0 fully saturated rings. The largest absolute Gasteiger partial charge is 0.457 e. The van der Waals surface area contributed by atoms with Gasteiger partial charge in [0.15, 0.2) is 0 Å². The van der Waals surface area contributed by atoms with Gasteiger partial charge in [-0.05, 0) is 54.3 Å². The predicted molar refractivity (Wildman–Crippen MR) is 83.2 cm³/mol. The van der Waals surface area contributed by atoms with Crippen molar-refractivity contribution in [2.75, 3.05) is 0 Å². The summed E-state index contributed by atoms with van der Waals surface area (Å²) in [6.45, 7) is 5.95. The molecule has 0 aliphatic heterocycles. The first-order valence-corrected chi connectivity index (χ1v) is 8.23. The van der Waals surface area contributed by atoms with Crippen LogP contribution >= 0.6 is 0 Å². The third-order valence-electron chi connectivity index (χ3n) is 3.24. The maximum Gasteiger partial charge on any atom is 0.238 e. The Morgan fingerprint density at radius 1 is 1.00 bits per heavy atom. The monoisotopic (exact) mass is 305 g/mol. The minimum Gasteiger partial charge on any atom is -0.457 e. The van der Waals surface area contributed by atoms with E-state index in [0.717, 1.165) is 0 Å². The van der Waals surface area contributed by atoms with E-state index in [1.54, 1.807) is 19.1 Å². The molecule has 0 aliphatic rings. The Labute approximate surface area is 125 Å². The maximum absolute atomic E-state index is 11.4. The summed E-state index contributed by atoms with van der Waals surface area (Å²) in [7, 11) is -3.69. The van der Waals surface area contributed by atoms with Crippen LogP contribution < -0.4 is 9.88 Å². The van der Waals surface area contributed by atoms with Crippen LogP contribution in [0, 0.1) is 6.92 Å². The molecule has 2 aromatic rings. The quantitative estimate of drug-likeness (QED) is 0.939. The van der Waals surface area contributed by atoms with Crippen LogP contribution in [0.25, 0.3) is 0 Å². The van der Waals surface area contributed by atoms with E-state index in [1.165, 1.54) is 11.6 Å². The predicted octanol–water partition coefficient (Wildman–Crippen LogP) is 3.56. The molecule has 0 amide bonds. The number of rotatable bonds is 4. The van der Waals surface area contributed by atoms with Crippen molar-refractivity contribution in [1.29, 1.82) is 0 Å². The van der Waals surface area contributed by atoms with Crippen molar-refractivity contribution in [3.05, 3.63) is 53.6 Å². The van der Waals surface area contributed by atoms with E-state index in [-0.39, 0.29) is 4.90 Å². The topological polar surface area (TPSA) is 69.4 Å². The van der Waals surface area contributed by atoms with Crippen LogP contribution in [0.1, 0.15) is 30.9 Å². The Kier molecular flexibility index (Phi) is 4.34. The number of nitrogens with two attached hydrogens (primary N) is 1. The first-order valence-electron chi connectivity index (χ1n) is 6.68. The zero-order valence-corrected chi connectivity index (χ0v) is 13.1. The summed E-state index contributed by atoms with van der Waals surface area (Å²) in [4.78, 5) is 0.116. The average molecular weight is 305 g/mol. The Morgan fingerprint density at radius 2 is 1.57 bits per heavy atom. The standard InChI is InChI=1S/C16H19NO3S/c1-11(2)13-4-6-14(7-5-13)20-15-8-9-16(12(3)10-15)21(17,18)19/h4-11H,1-3H3,(H2,17,18,19). The lowest BCUT2D eigenvalue weighted by atomic mass is 10.0. The molecule has 0 saturated carbocycles. The molecule has 0 unspecified atom stereocenters. The van der Waals surface area contributed by atoms with Crippen LogP contribution in [-0.2, 0) is 10.0 Å². The van der Waals surface area contributed by atoms with E-state index in [1.807, 2.05) is 24.3 Å². The fourth-order valence-electron chi connectivity index (χ4n) is 2.06. The van der Waals surface area contributed by atoms with E-state index >= 15 is 0 Å². The molecular formula is C16H19NO3S. The summed E-state index contributed by atoms with van der Waals surface area (Å²) in [6, 6.07) is 12.6. The number of ether oxygens (including phenoxy) is 1. The van der Waals surface area contributed by atoms with Gasteiger partial charge in [0.25, 0.3) is 0 Å². The van der Waals surface area contributed by atoms with Gasteiger partial charge in [0.2, 0.25) is 10.0 Å². The minimum atomic E-state index is -3.69. The second kappa shape index (κ2) is 5.87. The Morgan fingerprint density at radius 3 is 2.05 bits per heavy atom. The molecule has 2 aromatic carbocycles. The zero-order valence-electron chi connectivity index (χ0n) is 12.3. The van der Waals surface area contributed by atoms with E-state index in [2.05, 4.69) is 13.8 Å². The maximum atomic E-state index is 11.4. The molecule has 21 heavy (non-hydrogen) atoms. The van der Waals surface area contributed by atoms with E-state index in [9.17, 15) is 8.42 Å². The van der Waals surface area contributed by atoms with Gasteiger partial charge in [-0.2, -0.15) is 0 Å². The second-order valence-corrected chi connectivity index (χ2v) is 6.83. The van der Waals surface area contributed by atoms with Crippen molar-refractivity contribution in [1.82, 2.24) is 0 Å². The van der Waals surface area contributed by atoms with E-state index < -0.39 is 10.0 Å². The molecule has 0 heterocycles. The summed E-state index contributed by atoms with van der Waals surface area (Å²) in [5.41, 5.74) is 1.80. The zero-order chi connectivity index (χ0) is 15.6. The summed E-state index contributed by atoms with van der Waals surface area (Å²) < 4.78 is 28.4. The Balaban J connectivity index is 2.22. The number of sulfonamides is 1. The molecule has 0 aliphatic carbocycles. The van der Waals surface area contributed by atoms with Crippen molar-refractivity contribution in [2.24, 2.45) is 5.14 Å². The molecular weight excluding hydrogens is 286 g/mol. The van der Waals surface area contributed by atoms with Crippen molar-refractivity contribution in [3.63, 3.8) is 0 Å². The summed E-state index contributed by atoms with van der Waals surface area (Å²) in [5.74, 6) is 1.76. The number of hydrogen-bond donors (Lipinski definition) is 1. The fraction of sp³-hybridized carbons (Fsp3) is 0.250. The molecule has 0 spiro atoms. The second-order valence-electron chi connectivity index (χ2n) is 5.30. The van der Waals surface area contributed by atoms with Crippen LogP contribution in [0.5, 0.6) is 11.5 Å². The molecule has 0 atom stereocenters. The van der Waals surface area contributed by atoms with Crippen molar-refractivity contribution in [3.8, 4) is 11.5 Å². The summed E-state index contributed by atoms with van der Waals surface area (Å²) in [5, 5.41) is 5.14. The Bertz CT molecular complexity index is 735. The van der Waals surface area contributed by atoms with Crippen LogP contribution in [0.15, 0.2) is 47.4 Å².